The highest BCUT2D eigenvalue weighted by Crippen LogP contribution is 2.28. The molecular weight excluding hydrogens is 223 g/mol. The van der Waals surface area contributed by atoms with E-state index in [1.54, 1.807) is 18.3 Å². The molecule has 0 spiro atoms. The van der Waals surface area contributed by atoms with E-state index in [9.17, 15) is 4.39 Å². The van der Waals surface area contributed by atoms with Crippen LogP contribution in [0.2, 0.25) is 0 Å². The first-order chi connectivity index (χ1) is 7.74. The molecule has 0 amide bonds. The summed E-state index contributed by atoms with van der Waals surface area (Å²) in [6.07, 6.45) is 2.66. The van der Waals surface area contributed by atoms with Gasteiger partial charge in [-0.3, -0.25) is 0 Å². The molecule has 0 saturated carbocycles. The molecule has 2 aromatic rings. The molecule has 0 unspecified atom stereocenters. The summed E-state index contributed by atoms with van der Waals surface area (Å²) >= 11 is 1.48. The Kier molecular flexibility index (Phi) is 2.97. The molecule has 4 heteroatoms. The van der Waals surface area contributed by atoms with E-state index in [0.29, 0.717) is 16.1 Å². The fourth-order valence-electron chi connectivity index (χ4n) is 1.35. The Hall–Kier alpha value is -1.73. The van der Waals surface area contributed by atoms with Gasteiger partial charge in [-0.05, 0) is 24.6 Å². The summed E-state index contributed by atoms with van der Waals surface area (Å²) in [4.78, 5) is 5.29. The summed E-state index contributed by atoms with van der Waals surface area (Å²) in [7, 11) is 0. The highest BCUT2D eigenvalue weighted by Gasteiger charge is 2.09. The van der Waals surface area contributed by atoms with E-state index in [4.69, 9.17) is 5.26 Å². The zero-order valence-electron chi connectivity index (χ0n) is 8.70. The van der Waals surface area contributed by atoms with Crippen molar-refractivity contribution in [3.63, 3.8) is 0 Å². The summed E-state index contributed by atoms with van der Waals surface area (Å²) in [5, 5.41) is 9.30. The Morgan fingerprint density at radius 1 is 1.50 bits per heavy atom. The van der Waals surface area contributed by atoms with Gasteiger partial charge in [0.25, 0.3) is 0 Å². The number of halogens is 1. The Morgan fingerprint density at radius 3 is 2.88 bits per heavy atom. The molecule has 0 aliphatic rings. The van der Waals surface area contributed by atoms with Crippen LogP contribution in [0.1, 0.15) is 17.4 Å². The van der Waals surface area contributed by atoms with E-state index in [-0.39, 0.29) is 0 Å². The molecule has 1 aromatic carbocycles. The zero-order chi connectivity index (χ0) is 11.5. The molecule has 1 aromatic heterocycles. The smallest absolute Gasteiger partial charge is 0.134 e. The highest BCUT2D eigenvalue weighted by atomic mass is 32.1. The fourth-order valence-corrected chi connectivity index (χ4v) is 2.23. The third-order valence-corrected chi connectivity index (χ3v) is 3.41. The second kappa shape index (κ2) is 4.42. The average molecular weight is 232 g/mol. The van der Waals surface area contributed by atoms with Gasteiger partial charge in [0.15, 0.2) is 0 Å². The summed E-state index contributed by atoms with van der Waals surface area (Å²) in [6.45, 7) is 2.03. The van der Waals surface area contributed by atoms with Crippen molar-refractivity contribution in [1.29, 1.82) is 5.26 Å². The third kappa shape index (κ3) is 1.95. The van der Waals surface area contributed by atoms with Crippen molar-refractivity contribution in [1.82, 2.24) is 4.98 Å². The van der Waals surface area contributed by atoms with E-state index >= 15 is 0 Å². The second-order valence-corrected chi connectivity index (χ2v) is 4.41. The molecule has 0 radical (unpaired) electrons. The minimum absolute atomic E-state index is 0.327. The largest absolute Gasteiger partial charge is 0.244 e. The molecule has 0 atom stereocenters. The molecule has 0 aliphatic carbocycles. The van der Waals surface area contributed by atoms with Crippen LogP contribution in [0.4, 0.5) is 4.39 Å². The SMILES string of the molecule is CCc1cnc(-c2ccc(C#N)cc2F)s1. The van der Waals surface area contributed by atoms with E-state index in [2.05, 4.69) is 4.98 Å². The van der Waals surface area contributed by atoms with Crippen LogP contribution >= 0.6 is 11.3 Å². The quantitative estimate of drug-likeness (QED) is 0.795. The van der Waals surface area contributed by atoms with Crippen molar-refractivity contribution < 1.29 is 4.39 Å². The topological polar surface area (TPSA) is 36.7 Å². The first kappa shape index (κ1) is 10.8. The van der Waals surface area contributed by atoms with Gasteiger partial charge < -0.3 is 0 Å². The van der Waals surface area contributed by atoms with Crippen LogP contribution in [0.3, 0.4) is 0 Å². The van der Waals surface area contributed by atoms with Crippen molar-refractivity contribution in [2.24, 2.45) is 0 Å². The highest BCUT2D eigenvalue weighted by molar-refractivity contribution is 7.15. The number of rotatable bonds is 2. The van der Waals surface area contributed by atoms with Crippen LogP contribution < -0.4 is 0 Å². The number of aromatic nitrogens is 1. The van der Waals surface area contributed by atoms with Crippen LogP contribution in [-0.2, 0) is 6.42 Å². The number of benzene rings is 1. The first-order valence-corrected chi connectivity index (χ1v) is 5.71. The number of hydrogen-bond acceptors (Lipinski definition) is 3. The van der Waals surface area contributed by atoms with Gasteiger partial charge >= 0.3 is 0 Å². The first-order valence-electron chi connectivity index (χ1n) is 4.89. The van der Waals surface area contributed by atoms with Crippen molar-refractivity contribution in [3.05, 3.63) is 40.7 Å². The molecule has 2 rings (SSSR count). The lowest BCUT2D eigenvalue weighted by atomic mass is 10.1. The van der Waals surface area contributed by atoms with Crippen LogP contribution in [0.5, 0.6) is 0 Å². The van der Waals surface area contributed by atoms with Crippen molar-refractivity contribution >= 4 is 11.3 Å². The van der Waals surface area contributed by atoms with E-state index in [1.807, 2.05) is 13.0 Å². The van der Waals surface area contributed by atoms with E-state index < -0.39 is 5.82 Å². The molecule has 80 valence electrons. The number of nitriles is 1. The minimum Gasteiger partial charge on any atom is -0.244 e. The molecule has 2 nitrogen and oxygen atoms in total. The van der Waals surface area contributed by atoms with Gasteiger partial charge in [-0.25, -0.2) is 9.37 Å². The molecule has 16 heavy (non-hydrogen) atoms. The van der Waals surface area contributed by atoms with Crippen LogP contribution in [0.15, 0.2) is 24.4 Å². The molecule has 0 aliphatic heterocycles. The predicted octanol–water partition coefficient (Wildman–Crippen LogP) is 3.38. The van der Waals surface area contributed by atoms with Gasteiger partial charge in [-0.2, -0.15) is 5.26 Å². The predicted molar refractivity (Wildman–Crippen MR) is 61.6 cm³/mol. The maximum Gasteiger partial charge on any atom is 0.134 e. The van der Waals surface area contributed by atoms with Gasteiger partial charge in [0.05, 0.1) is 11.6 Å². The Balaban J connectivity index is 2.45. The van der Waals surface area contributed by atoms with Gasteiger partial charge in [-0.15, -0.1) is 11.3 Å². The Morgan fingerprint density at radius 2 is 2.31 bits per heavy atom. The molecule has 0 N–H and O–H groups in total. The Labute approximate surface area is 97.0 Å². The lowest BCUT2D eigenvalue weighted by Gasteiger charge is -1.98. The standard InChI is InChI=1S/C12H9FN2S/c1-2-9-7-15-12(16-9)10-4-3-8(6-14)5-11(10)13/h3-5,7H,2H2,1H3. The van der Waals surface area contributed by atoms with Crippen LogP contribution in [-0.4, -0.2) is 4.98 Å². The minimum atomic E-state index is -0.393. The molecule has 0 bridgehead atoms. The van der Waals surface area contributed by atoms with Crippen molar-refractivity contribution in [3.8, 4) is 16.6 Å². The van der Waals surface area contributed by atoms with Crippen LogP contribution in [0.25, 0.3) is 10.6 Å². The maximum absolute atomic E-state index is 13.7. The zero-order valence-corrected chi connectivity index (χ0v) is 9.51. The second-order valence-electron chi connectivity index (χ2n) is 3.29. The van der Waals surface area contributed by atoms with Gasteiger partial charge in [-0.1, -0.05) is 6.92 Å². The molecular formula is C12H9FN2S. The number of nitrogens with zero attached hydrogens (tertiary/aromatic N) is 2. The van der Waals surface area contributed by atoms with Crippen molar-refractivity contribution in [2.75, 3.05) is 0 Å². The summed E-state index contributed by atoms with van der Waals surface area (Å²) in [5.74, 6) is -0.393. The molecule has 0 fully saturated rings. The van der Waals surface area contributed by atoms with Crippen LogP contribution in [0, 0.1) is 17.1 Å². The molecule has 0 saturated heterocycles. The molecule has 1 heterocycles. The number of aryl methyl sites for hydroxylation is 1. The number of hydrogen-bond donors (Lipinski definition) is 0. The average Bonchev–Trinajstić information content (AvgIpc) is 2.77. The summed E-state index contributed by atoms with van der Waals surface area (Å²) < 4.78 is 13.7. The lowest BCUT2D eigenvalue weighted by molar-refractivity contribution is 0.630. The van der Waals surface area contributed by atoms with Gasteiger partial charge in [0, 0.05) is 16.6 Å². The lowest BCUT2D eigenvalue weighted by Crippen LogP contribution is -1.84. The maximum atomic E-state index is 13.7. The van der Waals surface area contributed by atoms with E-state index in [1.165, 1.54) is 17.4 Å². The normalized spacial score (nSPS) is 10.1. The van der Waals surface area contributed by atoms with Gasteiger partial charge in [0.1, 0.15) is 10.8 Å². The van der Waals surface area contributed by atoms with Crippen molar-refractivity contribution in [2.45, 2.75) is 13.3 Å². The fraction of sp³-hybridized carbons (Fsp3) is 0.167. The van der Waals surface area contributed by atoms with Gasteiger partial charge in [0.2, 0.25) is 0 Å². The Bertz CT molecular complexity index is 554. The number of thiazole rings is 1. The monoisotopic (exact) mass is 232 g/mol. The summed E-state index contributed by atoms with van der Waals surface area (Å²) in [6, 6.07) is 6.35. The third-order valence-electron chi connectivity index (χ3n) is 2.23. The summed E-state index contributed by atoms with van der Waals surface area (Å²) in [5.41, 5.74) is 0.789. The van der Waals surface area contributed by atoms with E-state index in [0.717, 1.165) is 11.3 Å².